The zero-order valence-electron chi connectivity index (χ0n) is 10.8. The van der Waals surface area contributed by atoms with Crippen molar-refractivity contribution in [2.24, 2.45) is 0 Å². The lowest BCUT2D eigenvalue weighted by molar-refractivity contribution is 0.275. The monoisotopic (exact) mass is 254 g/mol. The van der Waals surface area contributed by atoms with Gasteiger partial charge < -0.3 is 14.4 Å². The Morgan fingerprint density at radius 1 is 1.16 bits per heavy atom. The van der Waals surface area contributed by atoms with E-state index in [-0.39, 0.29) is 0 Å². The van der Waals surface area contributed by atoms with E-state index in [4.69, 9.17) is 9.39 Å². The molecule has 1 aliphatic heterocycles. The molecular formula is C15H15BO3. The van der Waals surface area contributed by atoms with E-state index in [0.717, 1.165) is 23.2 Å². The van der Waals surface area contributed by atoms with Crippen molar-refractivity contribution in [2.45, 2.75) is 20.0 Å². The number of hydrogen-bond donors (Lipinski definition) is 1. The van der Waals surface area contributed by atoms with E-state index in [2.05, 4.69) is 19.1 Å². The minimum absolute atomic E-state index is 0.460. The smallest absolute Gasteiger partial charge is 0.457 e. The minimum Gasteiger partial charge on any atom is -0.457 e. The molecule has 0 saturated carbocycles. The van der Waals surface area contributed by atoms with Crippen LogP contribution in [0, 0.1) is 0 Å². The average Bonchev–Trinajstić information content (AvgIpc) is 2.81. The van der Waals surface area contributed by atoms with Crippen molar-refractivity contribution in [1.29, 1.82) is 0 Å². The van der Waals surface area contributed by atoms with Crippen LogP contribution in [0.2, 0.25) is 0 Å². The first kappa shape index (κ1) is 12.3. The number of hydrogen-bond acceptors (Lipinski definition) is 3. The molecule has 2 aromatic carbocycles. The largest absolute Gasteiger partial charge is 0.491 e. The lowest BCUT2D eigenvalue weighted by Gasteiger charge is -2.08. The molecule has 19 heavy (non-hydrogen) atoms. The molecule has 0 atom stereocenters. The molecule has 2 aromatic rings. The second-order valence-electron chi connectivity index (χ2n) is 4.62. The maximum atomic E-state index is 9.66. The number of rotatable bonds is 3. The van der Waals surface area contributed by atoms with Gasteiger partial charge in [0.2, 0.25) is 0 Å². The van der Waals surface area contributed by atoms with Crippen molar-refractivity contribution in [1.82, 2.24) is 0 Å². The van der Waals surface area contributed by atoms with Gasteiger partial charge in [-0.15, -0.1) is 0 Å². The lowest BCUT2D eigenvalue weighted by Crippen LogP contribution is -2.27. The Hall–Kier alpha value is -1.78. The molecule has 96 valence electrons. The Bertz CT molecular complexity index is 580. The van der Waals surface area contributed by atoms with Crippen molar-refractivity contribution in [2.75, 3.05) is 0 Å². The Morgan fingerprint density at radius 2 is 1.89 bits per heavy atom. The fraction of sp³-hybridized carbons (Fsp3) is 0.200. The number of benzene rings is 2. The van der Waals surface area contributed by atoms with Gasteiger partial charge in [-0.3, -0.25) is 0 Å². The number of ether oxygens (including phenoxy) is 1. The minimum atomic E-state index is -0.832. The van der Waals surface area contributed by atoms with E-state index >= 15 is 0 Å². The predicted molar refractivity (Wildman–Crippen MR) is 74.7 cm³/mol. The van der Waals surface area contributed by atoms with Crippen LogP contribution in [-0.4, -0.2) is 12.1 Å². The molecule has 0 saturated heterocycles. The van der Waals surface area contributed by atoms with Crippen LogP contribution >= 0.6 is 0 Å². The van der Waals surface area contributed by atoms with Crippen LogP contribution < -0.4 is 10.2 Å². The van der Waals surface area contributed by atoms with E-state index < -0.39 is 7.12 Å². The van der Waals surface area contributed by atoms with Crippen molar-refractivity contribution in [3.05, 3.63) is 53.6 Å². The fourth-order valence-electron chi connectivity index (χ4n) is 2.19. The Balaban J connectivity index is 1.81. The van der Waals surface area contributed by atoms with Gasteiger partial charge in [0, 0.05) is 0 Å². The molecule has 0 fully saturated rings. The van der Waals surface area contributed by atoms with Gasteiger partial charge in [0.05, 0.1) is 6.61 Å². The lowest BCUT2D eigenvalue weighted by atomic mass is 9.79. The van der Waals surface area contributed by atoms with E-state index in [9.17, 15) is 5.02 Å². The van der Waals surface area contributed by atoms with Crippen LogP contribution in [0.15, 0.2) is 42.5 Å². The summed E-state index contributed by atoms with van der Waals surface area (Å²) in [5.74, 6) is 1.51. The maximum Gasteiger partial charge on any atom is 0.491 e. The molecular weight excluding hydrogens is 239 g/mol. The molecule has 3 nitrogen and oxygen atoms in total. The first-order valence-electron chi connectivity index (χ1n) is 6.45. The van der Waals surface area contributed by atoms with Crippen LogP contribution in [0.3, 0.4) is 0 Å². The third-order valence-electron chi connectivity index (χ3n) is 3.35. The van der Waals surface area contributed by atoms with Crippen LogP contribution in [0.25, 0.3) is 0 Å². The van der Waals surface area contributed by atoms with Crippen LogP contribution in [0.4, 0.5) is 0 Å². The number of aryl methyl sites for hydroxylation is 1. The summed E-state index contributed by atoms with van der Waals surface area (Å²) < 4.78 is 10.9. The first-order chi connectivity index (χ1) is 9.26. The molecule has 0 spiro atoms. The van der Waals surface area contributed by atoms with Gasteiger partial charge in [-0.25, -0.2) is 0 Å². The van der Waals surface area contributed by atoms with E-state index in [0.29, 0.717) is 12.4 Å². The van der Waals surface area contributed by atoms with Gasteiger partial charge in [-0.05, 0) is 47.3 Å². The molecule has 3 rings (SSSR count). The Morgan fingerprint density at radius 3 is 2.63 bits per heavy atom. The summed E-state index contributed by atoms with van der Waals surface area (Å²) >= 11 is 0. The summed E-state index contributed by atoms with van der Waals surface area (Å²) in [4.78, 5) is 0. The summed E-state index contributed by atoms with van der Waals surface area (Å²) in [6, 6.07) is 13.7. The summed E-state index contributed by atoms with van der Waals surface area (Å²) in [6.07, 6.45) is 1.02. The van der Waals surface area contributed by atoms with E-state index in [1.165, 1.54) is 5.56 Å². The highest BCUT2D eigenvalue weighted by molar-refractivity contribution is 6.61. The number of fused-ring (bicyclic) bond motifs is 1. The molecule has 1 N–H and O–H groups in total. The van der Waals surface area contributed by atoms with Gasteiger partial charge in [0.25, 0.3) is 0 Å². The highest BCUT2D eigenvalue weighted by Gasteiger charge is 2.27. The maximum absolute atomic E-state index is 9.66. The van der Waals surface area contributed by atoms with Crippen molar-refractivity contribution in [3.63, 3.8) is 0 Å². The fourth-order valence-corrected chi connectivity index (χ4v) is 2.19. The normalized spacial score (nSPS) is 13.5. The van der Waals surface area contributed by atoms with Crippen molar-refractivity contribution < 1.29 is 14.4 Å². The zero-order chi connectivity index (χ0) is 13.2. The van der Waals surface area contributed by atoms with Crippen LogP contribution in [0.5, 0.6) is 11.5 Å². The van der Waals surface area contributed by atoms with Gasteiger partial charge in [-0.2, -0.15) is 0 Å². The van der Waals surface area contributed by atoms with E-state index in [1.54, 1.807) is 0 Å². The highest BCUT2D eigenvalue weighted by Crippen LogP contribution is 2.23. The summed E-state index contributed by atoms with van der Waals surface area (Å²) in [6.45, 7) is 2.58. The van der Waals surface area contributed by atoms with Crippen molar-refractivity contribution in [3.8, 4) is 11.5 Å². The molecule has 0 radical (unpaired) electrons. The van der Waals surface area contributed by atoms with E-state index in [1.807, 2.05) is 30.3 Å². The van der Waals surface area contributed by atoms with Gasteiger partial charge in [0.15, 0.2) is 0 Å². The first-order valence-corrected chi connectivity index (χ1v) is 6.45. The summed E-state index contributed by atoms with van der Waals surface area (Å²) in [5, 5.41) is 9.66. The molecule has 0 bridgehead atoms. The van der Waals surface area contributed by atoms with Gasteiger partial charge in [-0.1, -0.05) is 25.1 Å². The van der Waals surface area contributed by atoms with Crippen molar-refractivity contribution >= 4 is 12.6 Å². The molecule has 4 heteroatoms. The second kappa shape index (κ2) is 5.07. The predicted octanol–water partition coefficient (Wildman–Crippen LogP) is 2.26. The molecule has 0 amide bonds. The molecule has 0 unspecified atom stereocenters. The molecule has 1 heterocycles. The van der Waals surface area contributed by atoms with Crippen LogP contribution in [-0.2, 0) is 17.7 Å². The summed E-state index contributed by atoms with van der Waals surface area (Å²) in [7, 11) is -0.832. The highest BCUT2D eigenvalue weighted by atomic mass is 16.5. The summed E-state index contributed by atoms with van der Waals surface area (Å²) in [5.41, 5.74) is 3.09. The third kappa shape index (κ3) is 2.50. The quantitative estimate of drug-likeness (QED) is 0.854. The second-order valence-corrected chi connectivity index (χ2v) is 4.62. The molecule has 0 aromatic heterocycles. The van der Waals surface area contributed by atoms with Gasteiger partial charge >= 0.3 is 7.12 Å². The molecule has 0 aliphatic carbocycles. The SMILES string of the molecule is CCc1ccc(Oc2ccc3c(c2)B(O)OC3)cc1. The zero-order valence-corrected chi connectivity index (χ0v) is 10.8. The Kier molecular flexibility index (Phi) is 3.28. The van der Waals surface area contributed by atoms with Crippen LogP contribution in [0.1, 0.15) is 18.1 Å². The van der Waals surface area contributed by atoms with Gasteiger partial charge in [0.1, 0.15) is 11.5 Å². The Labute approximate surface area is 112 Å². The third-order valence-corrected chi connectivity index (χ3v) is 3.35. The standard InChI is InChI=1S/C15H15BO3/c1-2-11-3-6-13(7-4-11)19-14-8-5-12-10-18-16(17)15(12)9-14/h3-9,17H,2,10H2,1H3. The average molecular weight is 254 g/mol. The topological polar surface area (TPSA) is 38.7 Å². The molecule has 1 aliphatic rings.